The third-order valence-corrected chi connectivity index (χ3v) is 6.87. The van der Waals surface area contributed by atoms with Gasteiger partial charge in [0.1, 0.15) is 11.6 Å². The molecule has 0 radical (unpaired) electrons. The number of benzene rings is 2. The zero-order valence-electron chi connectivity index (χ0n) is 19.0. The van der Waals surface area contributed by atoms with Gasteiger partial charge in [0.05, 0.1) is 18.4 Å². The highest BCUT2D eigenvalue weighted by Crippen LogP contribution is 2.33. The van der Waals surface area contributed by atoms with Crippen molar-refractivity contribution in [2.45, 2.75) is 38.9 Å². The van der Waals surface area contributed by atoms with Gasteiger partial charge in [-0.25, -0.2) is 4.39 Å². The van der Waals surface area contributed by atoms with Crippen LogP contribution in [0.1, 0.15) is 40.6 Å². The van der Waals surface area contributed by atoms with Gasteiger partial charge in [0.2, 0.25) is 0 Å². The first-order valence-electron chi connectivity index (χ1n) is 11.8. The van der Waals surface area contributed by atoms with Crippen LogP contribution in [0.25, 0.3) is 0 Å². The molecule has 1 fully saturated rings. The number of rotatable bonds is 5. The average molecular weight is 448 g/mol. The molecule has 2 aliphatic heterocycles. The predicted octanol–water partition coefficient (Wildman–Crippen LogP) is 4.72. The van der Waals surface area contributed by atoms with E-state index in [4.69, 9.17) is 4.42 Å². The van der Waals surface area contributed by atoms with Crippen LogP contribution in [0.4, 0.5) is 10.1 Å². The lowest BCUT2D eigenvalue weighted by atomic mass is 10.1. The zero-order chi connectivity index (χ0) is 22.8. The van der Waals surface area contributed by atoms with Crippen LogP contribution in [-0.4, -0.2) is 47.9 Å². The second-order valence-electron chi connectivity index (χ2n) is 9.08. The molecular weight excluding hydrogens is 417 g/mol. The first-order chi connectivity index (χ1) is 16.1. The first kappa shape index (κ1) is 21.7. The average Bonchev–Trinajstić information content (AvgIpc) is 3.32. The Bertz CT molecular complexity index is 1130. The molecule has 1 amide bonds. The zero-order valence-corrected chi connectivity index (χ0v) is 19.0. The summed E-state index contributed by atoms with van der Waals surface area (Å²) in [5, 5.41) is 0. The molecule has 3 aromatic rings. The van der Waals surface area contributed by atoms with Gasteiger partial charge in [-0.3, -0.25) is 9.69 Å². The van der Waals surface area contributed by atoms with Crippen molar-refractivity contribution < 1.29 is 13.6 Å². The number of anilines is 1. The number of hydrogen-bond donors (Lipinski definition) is 0. The number of halogens is 1. The molecule has 33 heavy (non-hydrogen) atoms. The summed E-state index contributed by atoms with van der Waals surface area (Å²) in [5.41, 5.74) is 3.91. The molecular formula is C27H30FN3O2. The van der Waals surface area contributed by atoms with E-state index < -0.39 is 0 Å². The Hall–Kier alpha value is -3.12. The smallest absolute Gasteiger partial charge is 0.257 e. The summed E-state index contributed by atoms with van der Waals surface area (Å²) in [6, 6.07) is 17.5. The van der Waals surface area contributed by atoms with Crippen LogP contribution in [0.3, 0.4) is 0 Å². The maximum atomic E-state index is 14.1. The molecule has 0 spiro atoms. The fraction of sp³-hybridized carbons (Fsp3) is 0.370. The Kier molecular flexibility index (Phi) is 6.18. The monoisotopic (exact) mass is 447 g/mol. The number of amides is 1. The Balaban J connectivity index is 1.26. The molecule has 0 aliphatic carbocycles. The van der Waals surface area contributed by atoms with Crippen LogP contribution in [0.2, 0.25) is 0 Å². The highest BCUT2D eigenvalue weighted by Gasteiger charge is 2.29. The van der Waals surface area contributed by atoms with Crippen molar-refractivity contribution in [3.05, 3.63) is 89.1 Å². The molecule has 0 N–H and O–H groups in total. The minimum absolute atomic E-state index is 0.0200. The Morgan fingerprint density at radius 3 is 2.70 bits per heavy atom. The highest BCUT2D eigenvalue weighted by molar-refractivity contribution is 5.95. The van der Waals surface area contributed by atoms with E-state index in [1.807, 2.05) is 17.0 Å². The van der Waals surface area contributed by atoms with E-state index in [2.05, 4.69) is 41.0 Å². The summed E-state index contributed by atoms with van der Waals surface area (Å²) in [6.45, 7) is 6.25. The number of hydrogen-bond acceptors (Lipinski definition) is 4. The molecule has 1 unspecified atom stereocenters. The van der Waals surface area contributed by atoms with E-state index in [0.29, 0.717) is 43.3 Å². The maximum absolute atomic E-state index is 14.1. The molecule has 0 saturated carbocycles. The molecule has 2 aromatic carbocycles. The molecule has 1 atom stereocenters. The topological polar surface area (TPSA) is 39.9 Å². The van der Waals surface area contributed by atoms with Crippen molar-refractivity contribution in [3.63, 3.8) is 0 Å². The Morgan fingerprint density at radius 1 is 1.00 bits per heavy atom. The Labute approximate surface area is 194 Å². The number of para-hydroxylation sites is 1. The lowest BCUT2D eigenvalue weighted by Gasteiger charge is -2.25. The molecule has 172 valence electrons. The third-order valence-electron chi connectivity index (χ3n) is 6.87. The van der Waals surface area contributed by atoms with E-state index in [1.54, 1.807) is 18.4 Å². The van der Waals surface area contributed by atoms with Crippen molar-refractivity contribution >= 4 is 11.6 Å². The molecule has 2 aliphatic rings. The lowest BCUT2D eigenvalue weighted by molar-refractivity contribution is 0.0758. The fourth-order valence-corrected chi connectivity index (χ4v) is 5.05. The third kappa shape index (κ3) is 4.53. The molecule has 3 heterocycles. The van der Waals surface area contributed by atoms with Gasteiger partial charge in [-0.05, 0) is 43.5 Å². The summed E-state index contributed by atoms with van der Waals surface area (Å²) >= 11 is 0. The summed E-state index contributed by atoms with van der Waals surface area (Å²) in [6.07, 6.45) is 3.49. The van der Waals surface area contributed by atoms with Crippen molar-refractivity contribution in [3.8, 4) is 0 Å². The van der Waals surface area contributed by atoms with Gasteiger partial charge in [0.15, 0.2) is 0 Å². The number of furan rings is 1. The fourth-order valence-electron chi connectivity index (χ4n) is 5.05. The van der Waals surface area contributed by atoms with Crippen LogP contribution in [0.5, 0.6) is 0 Å². The van der Waals surface area contributed by atoms with E-state index in [0.717, 1.165) is 31.7 Å². The summed E-state index contributed by atoms with van der Waals surface area (Å²) < 4.78 is 19.9. The van der Waals surface area contributed by atoms with E-state index in [1.165, 1.54) is 17.3 Å². The normalized spacial score (nSPS) is 18.9. The van der Waals surface area contributed by atoms with Crippen LogP contribution < -0.4 is 4.90 Å². The molecule has 0 bridgehead atoms. The first-order valence-corrected chi connectivity index (χ1v) is 11.8. The van der Waals surface area contributed by atoms with Crippen LogP contribution in [0.15, 0.2) is 65.3 Å². The number of carbonyl (C=O) groups excluding carboxylic acids is 1. The minimum Gasteiger partial charge on any atom is -0.467 e. The van der Waals surface area contributed by atoms with Gasteiger partial charge in [-0.1, -0.05) is 36.4 Å². The van der Waals surface area contributed by atoms with E-state index in [-0.39, 0.29) is 11.7 Å². The molecule has 1 aromatic heterocycles. The van der Waals surface area contributed by atoms with Crippen molar-refractivity contribution in [2.75, 3.05) is 31.1 Å². The summed E-state index contributed by atoms with van der Waals surface area (Å²) in [7, 11) is 0. The molecule has 6 heteroatoms. The van der Waals surface area contributed by atoms with Crippen LogP contribution in [0, 0.1) is 5.82 Å². The lowest BCUT2D eigenvalue weighted by Crippen LogP contribution is -2.36. The Morgan fingerprint density at radius 2 is 1.82 bits per heavy atom. The predicted molar refractivity (Wildman–Crippen MR) is 127 cm³/mol. The van der Waals surface area contributed by atoms with Crippen LogP contribution >= 0.6 is 0 Å². The van der Waals surface area contributed by atoms with E-state index >= 15 is 0 Å². The van der Waals surface area contributed by atoms with Gasteiger partial charge in [0.25, 0.3) is 5.91 Å². The van der Waals surface area contributed by atoms with Crippen molar-refractivity contribution in [2.24, 2.45) is 0 Å². The quantitative estimate of drug-likeness (QED) is 0.568. The standard InChI is InChI=1S/C27H30FN3O2/c1-20-17-21-7-3-5-10-25(21)31(20)19-26-23(11-16-33-26)27(32)30-13-6-12-29(14-15-30)18-22-8-2-4-9-24(22)28/h2-5,7-11,16,20H,6,12-15,17-19H2,1H3. The number of carbonyl (C=O) groups is 1. The second-order valence-corrected chi connectivity index (χ2v) is 9.08. The number of nitrogens with zero attached hydrogens (tertiary/aromatic N) is 3. The van der Waals surface area contributed by atoms with Crippen molar-refractivity contribution in [1.82, 2.24) is 9.80 Å². The van der Waals surface area contributed by atoms with Gasteiger partial charge in [-0.2, -0.15) is 0 Å². The summed E-state index contributed by atoms with van der Waals surface area (Å²) in [5.74, 6) is 0.568. The maximum Gasteiger partial charge on any atom is 0.257 e. The van der Waals surface area contributed by atoms with E-state index in [9.17, 15) is 9.18 Å². The summed E-state index contributed by atoms with van der Waals surface area (Å²) in [4.78, 5) is 19.9. The highest BCUT2D eigenvalue weighted by atomic mass is 19.1. The largest absolute Gasteiger partial charge is 0.467 e. The van der Waals surface area contributed by atoms with Crippen molar-refractivity contribution in [1.29, 1.82) is 0 Å². The van der Waals surface area contributed by atoms with Gasteiger partial charge in [-0.15, -0.1) is 0 Å². The van der Waals surface area contributed by atoms with Crippen LogP contribution in [-0.2, 0) is 19.5 Å². The van der Waals surface area contributed by atoms with Gasteiger partial charge in [0, 0.05) is 50.0 Å². The second kappa shape index (κ2) is 9.40. The van der Waals surface area contributed by atoms with Gasteiger partial charge >= 0.3 is 0 Å². The molecule has 5 nitrogen and oxygen atoms in total. The number of fused-ring (bicyclic) bond motifs is 1. The molecule has 5 rings (SSSR count). The molecule has 1 saturated heterocycles. The van der Waals surface area contributed by atoms with Gasteiger partial charge < -0.3 is 14.2 Å². The SMILES string of the molecule is CC1Cc2ccccc2N1Cc1occc1C(=O)N1CCCN(Cc2ccccc2F)CC1. The minimum atomic E-state index is -0.171.